The van der Waals surface area contributed by atoms with Crippen molar-refractivity contribution in [3.63, 3.8) is 0 Å². The molecule has 0 saturated carbocycles. The third-order valence-electron chi connectivity index (χ3n) is 5.41. The number of halogens is 2. The van der Waals surface area contributed by atoms with Gasteiger partial charge in [0.1, 0.15) is 29.1 Å². The standard InChI is InChI=1S/C27H35Cl2NO5/c1-17(30-25(32)35-26(3,4)5)24(31)33-18(2)21(15-19-11-9-8-10-12-19)27(6,7)34-23-14-13-20(28)16-22(23)29/h8-14,16-18,21H,15H2,1-7H3,(H,30,32)/t17-,18-,21-/m0/s1. The second-order valence-electron chi connectivity index (χ2n) is 10.1. The number of hydrogen-bond donors (Lipinski definition) is 1. The van der Waals surface area contributed by atoms with E-state index in [0.717, 1.165) is 5.56 Å². The van der Waals surface area contributed by atoms with Crippen molar-refractivity contribution in [1.29, 1.82) is 0 Å². The number of ether oxygens (including phenoxy) is 3. The predicted octanol–water partition coefficient (Wildman–Crippen LogP) is 6.85. The zero-order valence-corrected chi connectivity index (χ0v) is 22.9. The van der Waals surface area contributed by atoms with Gasteiger partial charge < -0.3 is 19.5 Å². The molecule has 0 aromatic heterocycles. The molecular weight excluding hydrogens is 489 g/mol. The van der Waals surface area contributed by atoms with Crippen LogP contribution in [0.4, 0.5) is 4.79 Å². The normalized spacial score (nSPS) is 14.4. The van der Waals surface area contributed by atoms with Crippen LogP contribution < -0.4 is 10.1 Å². The second-order valence-corrected chi connectivity index (χ2v) is 10.9. The summed E-state index contributed by atoms with van der Waals surface area (Å²) in [5.41, 5.74) is -0.389. The molecular formula is C27H35Cl2NO5. The minimum absolute atomic E-state index is 0.255. The van der Waals surface area contributed by atoms with E-state index in [9.17, 15) is 9.59 Å². The summed E-state index contributed by atoms with van der Waals surface area (Å²) in [6.07, 6.45) is -0.649. The molecule has 1 amide bonds. The van der Waals surface area contributed by atoms with Gasteiger partial charge in [0.05, 0.1) is 5.02 Å². The van der Waals surface area contributed by atoms with Crippen LogP contribution in [0.5, 0.6) is 5.75 Å². The zero-order valence-electron chi connectivity index (χ0n) is 21.4. The van der Waals surface area contributed by atoms with Crippen LogP contribution >= 0.6 is 23.2 Å². The van der Waals surface area contributed by atoms with Crippen molar-refractivity contribution in [3.05, 3.63) is 64.1 Å². The summed E-state index contributed by atoms with van der Waals surface area (Å²) in [5.74, 6) is -0.339. The average molecular weight is 524 g/mol. The van der Waals surface area contributed by atoms with E-state index >= 15 is 0 Å². The van der Waals surface area contributed by atoms with Gasteiger partial charge in [0, 0.05) is 10.9 Å². The van der Waals surface area contributed by atoms with Crippen LogP contribution in [0.15, 0.2) is 48.5 Å². The third-order valence-corrected chi connectivity index (χ3v) is 5.94. The van der Waals surface area contributed by atoms with Gasteiger partial charge in [-0.3, -0.25) is 0 Å². The maximum absolute atomic E-state index is 12.8. The predicted molar refractivity (Wildman–Crippen MR) is 139 cm³/mol. The Bertz CT molecular complexity index is 1000. The van der Waals surface area contributed by atoms with Crippen molar-refractivity contribution in [1.82, 2.24) is 5.32 Å². The highest BCUT2D eigenvalue weighted by molar-refractivity contribution is 6.35. The monoisotopic (exact) mass is 523 g/mol. The van der Waals surface area contributed by atoms with Crippen LogP contribution in [-0.4, -0.2) is 35.4 Å². The number of amides is 1. The largest absolute Gasteiger partial charge is 0.486 e. The molecule has 0 fully saturated rings. The Hall–Kier alpha value is -2.44. The number of esters is 1. The first kappa shape index (κ1) is 28.8. The van der Waals surface area contributed by atoms with E-state index in [2.05, 4.69) is 5.32 Å². The Morgan fingerprint density at radius 3 is 2.17 bits per heavy atom. The van der Waals surface area contributed by atoms with Crippen molar-refractivity contribution in [2.45, 2.75) is 78.2 Å². The molecule has 2 aromatic carbocycles. The Morgan fingerprint density at radius 2 is 1.60 bits per heavy atom. The molecule has 0 aliphatic rings. The van der Waals surface area contributed by atoms with Crippen LogP contribution in [0.2, 0.25) is 10.0 Å². The molecule has 6 nitrogen and oxygen atoms in total. The number of alkyl carbamates (subject to hydrolysis) is 1. The van der Waals surface area contributed by atoms with Crippen molar-refractivity contribution < 1.29 is 23.8 Å². The van der Waals surface area contributed by atoms with E-state index in [4.69, 9.17) is 37.4 Å². The number of hydrogen-bond acceptors (Lipinski definition) is 5. The van der Waals surface area contributed by atoms with Crippen LogP contribution in [0.25, 0.3) is 0 Å². The molecule has 0 saturated heterocycles. The number of rotatable bonds is 9. The lowest BCUT2D eigenvalue weighted by Gasteiger charge is -2.38. The second kappa shape index (κ2) is 12.0. The molecule has 0 aliphatic heterocycles. The molecule has 0 bridgehead atoms. The van der Waals surface area contributed by atoms with Crippen LogP contribution in [0.1, 0.15) is 54.0 Å². The van der Waals surface area contributed by atoms with E-state index in [1.807, 2.05) is 51.1 Å². The third kappa shape index (κ3) is 9.26. The van der Waals surface area contributed by atoms with Gasteiger partial charge in [-0.25, -0.2) is 9.59 Å². The van der Waals surface area contributed by atoms with Gasteiger partial charge in [0.15, 0.2) is 0 Å². The van der Waals surface area contributed by atoms with Gasteiger partial charge >= 0.3 is 12.1 Å². The number of benzene rings is 2. The maximum atomic E-state index is 12.8. The fourth-order valence-electron chi connectivity index (χ4n) is 3.67. The molecule has 35 heavy (non-hydrogen) atoms. The van der Waals surface area contributed by atoms with E-state index in [0.29, 0.717) is 22.2 Å². The summed E-state index contributed by atoms with van der Waals surface area (Å²) in [5, 5.41) is 3.43. The fraction of sp³-hybridized carbons (Fsp3) is 0.481. The van der Waals surface area contributed by atoms with Gasteiger partial charge in [-0.15, -0.1) is 0 Å². The molecule has 0 spiro atoms. The van der Waals surface area contributed by atoms with Crippen molar-refractivity contribution in [2.75, 3.05) is 0 Å². The quantitative estimate of drug-likeness (QED) is 0.363. The van der Waals surface area contributed by atoms with Crippen LogP contribution in [0.3, 0.4) is 0 Å². The summed E-state index contributed by atoms with van der Waals surface area (Å²) in [6.45, 7) is 12.5. The first-order valence-corrected chi connectivity index (χ1v) is 12.3. The fourth-order valence-corrected chi connectivity index (χ4v) is 4.12. The Balaban J connectivity index is 2.20. The summed E-state index contributed by atoms with van der Waals surface area (Å²) >= 11 is 12.4. The molecule has 0 unspecified atom stereocenters. The summed E-state index contributed by atoms with van der Waals surface area (Å²) in [7, 11) is 0. The van der Waals surface area contributed by atoms with Crippen molar-refractivity contribution in [2.24, 2.45) is 5.92 Å². The highest BCUT2D eigenvalue weighted by atomic mass is 35.5. The SMILES string of the molecule is C[C@H](NC(=O)OC(C)(C)C)C(=O)O[C@@H](C)[C@H](Cc1ccccc1)C(C)(C)Oc1ccc(Cl)cc1Cl. The smallest absolute Gasteiger partial charge is 0.408 e. The molecule has 1 N–H and O–H groups in total. The van der Waals surface area contributed by atoms with E-state index < -0.39 is 35.4 Å². The van der Waals surface area contributed by atoms with Gasteiger partial charge in [-0.2, -0.15) is 0 Å². The first-order valence-electron chi connectivity index (χ1n) is 11.6. The van der Waals surface area contributed by atoms with E-state index in [1.54, 1.807) is 45.9 Å². The van der Waals surface area contributed by atoms with Crippen LogP contribution in [0, 0.1) is 5.92 Å². The number of nitrogens with one attached hydrogen (secondary N) is 1. The molecule has 0 aliphatic carbocycles. The van der Waals surface area contributed by atoms with Crippen LogP contribution in [-0.2, 0) is 20.7 Å². The van der Waals surface area contributed by atoms with Crippen molar-refractivity contribution >= 4 is 35.3 Å². The van der Waals surface area contributed by atoms with Crippen molar-refractivity contribution in [3.8, 4) is 5.75 Å². The number of carbonyl (C=O) groups excluding carboxylic acids is 2. The molecule has 2 aromatic rings. The van der Waals surface area contributed by atoms with E-state index in [1.165, 1.54) is 0 Å². The zero-order chi connectivity index (χ0) is 26.4. The highest BCUT2D eigenvalue weighted by Gasteiger charge is 2.39. The lowest BCUT2D eigenvalue weighted by molar-refractivity contribution is -0.156. The topological polar surface area (TPSA) is 73.9 Å². The van der Waals surface area contributed by atoms with Gasteiger partial charge in [0.2, 0.25) is 0 Å². The lowest BCUT2D eigenvalue weighted by Crippen LogP contribution is -2.48. The average Bonchev–Trinajstić information content (AvgIpc) is 2.73. The molecule has 8 heteroatoms. The molecule has 0 heterocycles. The molecule has 0 radical (unpaired) electrons. The van der Waals surface area contributed by atoms with Gasteiger partial charge in [0.25, 0.3) is 0 Å². The molecule has 3 atom stereocenters. The maximum Gasteiger partial charge on any atom is 0.408 e. The molecule has 192 valence electrons. The summed E-state index contributed by atoms with van der Waals surface area (Å²) in [4.78, 5) is 24.9. The number of carbonyl (C=O) groups is 2. The summed E-state index contributed by atoms with van der Waals surface area (Å²) < 4.78 is 17.4. The van der Waals surface area contributed by atoms with E-state index in [-0.39, 0.29) is 5.92 Å². The highest BCUT2D eigenvalue weighted by Crippen LogP contribution is 2.36. The lowest BCUT2D eigenvalue weighted by atomic mass is 9.81. The minimum atomic E-state index is -0.889. The van der Waals surface area contributed by atoms with Gasteiger partial charge in [-0.1, -0.05) is 53.5 Å². The first-order chi connectivity index (χ1) is 16.2. The van der Waals surface area contributed by atoms with Gasteiger partial charge in [-0.05, 0) is 78.6 Å². The minimum Gasteiger partial charge on any atom is -0.486 e. The molecule has 2 rings (SSSR count). The Morgan fingerprint density at radius 1 is 0.971 bits per heavy atom. The summed E-state index contributed by atoms with van der Waals surface area (Å²) in [6, 6.07) is 14.0. The Labute approximate surface area is 218 Å². The Kier molecular flexibility index (Phi) is 9.87.